The van der Waals surface area contributed by atoms with Crippen LogP contribution in [0.3, 0.4) is 0 Å². The Morgan fingerprint density at radius 1 is 0.981 bits per heavy atom. The van der Waals surface area contributed by atoms with E-state index in [0.717, 1.165) is 41.5 Å². The Balaban J connectivity index is 1.03. The van der Waals surface area contributed by atoms with Gasteiger partial charge in [-0.2, -0.15) is 0 Å². The zero-order valence-corrected chi connectivity index (χ0v) is 29.9. The molecule has 3 fully saturated rings. The van der Waals surface area contributed by atoms with Crippen molar-refractivity contribution < 1.29 is 38.4 Å². The molecule has 0 radical (unpaired) electrons. The van der Waals surface area contributed by atoms with Crippen LogP contribution in [-0.4, -0.2) is 90.3 Å². The lowest BCUT2D eigenvalue weighted by atomic mass is 9.88. The molecule has 8 rings (SSSR count). The van der Waals surface area contributed by atoms with Crippen LogP contribution in [0.4, 0.5) is 0 Å². The van der Waals surface area contributed by atoms with Gasteiger partial charge in [0.2, 0.25) is 11.8 Å². The van der Waals surface area contributed by atoms with E-state index in [-0.39, 0.29) is 37.8 Å². The van der Waals surface area contributed by atoms with Gasteiger partial charge in [0.15, 0.2) is 5.79 Å². The fraction of sp³-hybridized carbons (Fsp3) is 0.419. The molecule has 3 aromatic carbocycles. The van der Waals surface area contributed by atoms with Crippen LogP contribution in [0.25, 0.3) is 6.08 Å². The van der Waals surface area contributed by atoms with Crippen molar-refractivity contribution in [1.82, 2.24) is 10.2 Å². The van der Waals surface area contributed by atoms with E-state index in [2.05, 4.69) is 29.6 Å². The van der Waals surface area contributed by atoms with Crippen molar-refractivity contribution >= 4 is 23.9 Å². The van der Waals surface area contributed by atoms with E-state index in [9.17, 15) is 19.5 Å². The average Bonchev–Trinajstić information content (AvgIpc) is 3.74. The number of fused-ring (bicyclic) bond motifs is 3. The number of ether oxygens (including phenoxy) is 4. The number of carbonyl (C=O) groups is 3. The number of amides is 2. The topological polar surface area (TPSA) is 127 Å². The third kappa shape index (κ3) is 7.73. The number of benzene rings is 3. The van der Waals surface area contributed by atoms with Gasteiger partial charge in [-0.3, -0.25) is 9.59 Å². The molecule has 5 aliphatic rings. The van der Waals surface area contributed by atoms with Crippen LogP contribution in [-0.2, 0) is 47.8 Å². The molecule has 1 saturated carbocycles. The first-order chi connectivity index (χ1) is 25.8. The van der Waals surface area contributed by atoms with Gasteiger partial charge in [-0.05, 0) is 65.6 Å². The van der Waals surface area contributed by atoms with Crippen molar-refractivity contribution in [3.8, 4) is 0 Å². The molecule has 3 unspecified atom stereocenters. The van der Waals surface area contributed by atoms with Crippen LogP contribution >= 0.6 is 0 Å². The molecular formula is C43H46N2O8. The third-order valence-electron chi connectivity index (χ3n) is 11.3. The predicted molar refractivity (Wildman–Crippen MR) is 197 cm³/mol. The fourth-order valence-electron chi connectivity index (χ4n) is 8.39. The maximum absolute atomic E-state index is 14.3. The van der Waals surface area contributed by atoms with E-state index in [0.29, 0.717) is 42.1 Å². The molecule has 10 heteroatoms. The number of hydrogen-bond donors (Lipinski definition) is 2. The number of likely N-dealkylation sites (N-methyl/N-ethyl adjacent to an activating group) is 1. The summed E-state index contributed by atoms with van der Waals surface area (Å²) in [7, 11) is 1.60. The van der Waals surface area contributed by atoms with E-state index in [1.54, 1.807) is 19.2 Å². The number of rotatable bonds is 11. The van der Waals surface area contributed by atoms with Gasteiger partial charge in [-0.1, -0.05) is 78.9 Å². The third-order valence-corrected chi connectivity index (χ3v) is 11.3. The number of aliphatic hydroxyl groups excluding tert-OH is 1. The van der Waals surface area contributed by atoms with Crippen molar-refractivity contribution in [2.45, 2.75) is 87.3 Å². The highest BCUT2D eigenvalue weighted by molar-refractivity contribution is 5.97. The average molecular weight is 719 g/mol. The molecule has 2 aliphatic heterocycles. The number of esters is 1. The van der Waals surface area contributed by atoms with Gasteiger partial charge in [0, 0.05) is 44.8 Å². The van der Waals surface area contributed by atoms with Crippen LogP contribution in [0.5, 0.6) is 0 Å². The maximum Gasteiger partial charge on any atom is 0.338 e. The molecule has 7 atom stereocenters. The summed E-state index contributed by atoms with van der Waals surface area (Å²) in [6, 6.07) is 24.1. The van der Waals surface area contributed by atoms with E-state index in [1.807, 2.05) is 60.7 Å². The highest BCUT2D eigenvalue weighted by atomic mass is 16.8. The van der Waals surface area contributed by atoms with Crippen LogP contribution in [0, 0.1) is 5.92 Å². The van der Waals surface area contributed by atoms with Crippen molar-refractivity contribution in [2.24, 2.45) is 5.92 Å². The monoisotopic (exact) mass is 718 g/mol. The smallest absolute Gasteiger partial charge is 0.338 e. The van der Waals surface area contributed by atoms with Crippen LogP contribution in [0.2, 0.25) is 0 Å². The molecule has 10 nitrogen and oxygen atoms in total. The lowest BCUT2D eigenvalue weighted by Crippen LogP contribution is -2.51. The second-order valence-electron chi connectivity index (χ2n) is 14.9. The minimum absolute atomic E-state index is 0.0691. The molecule has 1 spiro atoms. The number of nitrogens with one attached hydrogen (secondary N) is 1. The Hall–Kier alpha value is -4.61. The highest BCUT2D eigenvalue weighted by Gasteiger charge is 2.55. The molecule has 3 aliphatic carbocycles. The van der Waals surface area contributed by atoms with Crippen LogP contribution in [0.15, 0.2) is 96.6 Å². The number of nitrogens with zero attached hydrogens (tertiary/aromatic N) is 1. The standard InChI is InChI=1S/C43H46N2O8/c1-45(34(40(47)44-18-19-46)21-27-8-3-2-4-9-27)41(48)33-23-37(39-38(24-33)52-43(53-39)25-31-11-5-6-12-32(31)26-43)51-42(49)30-13-7-10-28(20-30)14-15-29-16-17-35-36(22-29)50-35/h2-15,20,24,29,34-39,46H,16-19,21-23,25-26H2,1H3,(H,44,47)/t29?,34-,35?,36?,37-,38-,39+/m1/s1. The van der Waals surface area contributed by atoms with Gasteiger partial charge < -0.3 is 34.3 Å². The SMILES string of the molecule is CN(C(=O)C1=C[C@H]2OC3(Cc4ccccc4C3)O[C@H]2[C@H](OC(=O)c2cccc(C=CC3CCC4OC4C3)c2)C1)[C@H](Cc1ccccc1)C(=O)NCCO. The zero-order chi connectivity index (χ0) is 36.5. The molecule has 3 aromatic rings. The summed E-state index contributed by atoms with van der Waals surface area (Å²) in [6.45, 7) is -0.151. The van der Waals surface area contributed by atoms with Gasteiger partial charge in [-0.25, -0.2) is 4.79 Å². The Morgan fingerprint density at radius 3 is 2.51 bits per heavy atom. The van der Waals surface area contributed by atoms with E-state index >= 15 is 0 Å². The predicted octanol–water partition coefficient (Wildman–Crippen LogP) is 4.58. The minimum atomic E-state index is -0.944. The molecule has 0 bridgehead atoms. The molecule has 276 valence electrons. The highest BCUT2D eigenvalue weighted by Crippen LogP contribution is 2.45. The van der Waals surface area contributed by atoms with Crippen molar-refractivity contribution in [1.29, 1.82) is 0 Å². The molecule has 2 heterocycles. The quantitative estimate of drug-likeness (QED) is 0.218. The van der Waals surface area contributed by atoms with Crippen LogP contribution in [0.1, 0.15) is 58.3 Å². The van der Waals surface area contributed by atoms with Crippen molar-refractivity contribution in [3.63, 3.8) is 0 Å². The van der Waals surface area contributed by atoms with Crippen molar-refractivity contribution in [3.05, 3.63) is 124 Å². The van der Waals surface area contributed by atoms with E-state index < -0.39 is 36.1 Å². The lowest BCUT2D eigenvalue weighted by molar-refractivity contribution is -0.172. The van der Waals surface area contributed by atoms with Gasteiger partial charge in [0.05, 0.1) is 24.4 Å². The number of carbonyl (C=O) groups excluding carboxylic acids is 3. The van der Waals surface area contributed by atoms with Crippen molar-refractivity contribution in [2.75, 3.05) is 20.2 Å². The van der Waals surface area contributed by atoms with Gasteiger partial charge in [-0.15, -0.1) is 0 Å². The summed E-state index contributed by atoms with van der Waals surface area (Å²) in [5.41, 5.74) is 4.85. The largest absolute Gasteiger partial charge is 0.456 e. The van der Waals surface area contributed by atoms with Gasteiger partial charge in [0.1, 0.15) is 24.4 Å². The summed E-state index contributed by atoms with van der Waals surface area (Å²) in [5, 5.41) is 12.1. The summed E-state index contributed by atoms with van der Waals surface area (Å²) >= 11 is 0. The summed E-state index contributed by atoms with van der Waals surface area (Å²) in [4.78, 5) is 43.0. The number of allylic oxidation sites excluding steroid dienone is 1. The van der Waals surface area contributed by atoms with E-state index in [1.165, 1.54) is 4.90 Å². The van der Waals surface area contributed by atoms with Gasteiger partial charge >= 0.3 is 5.97 Å². The minimum Gasteiger partial charge on any atom is -0.456 e. The molecule has 2 N–H and O–H groups in total. The normalized spacial score (nSPS) is 26.9. The fourth-order valence-corrected chi connectivity index (χ4v) is 8.39. The first kappa shape index (κ1) is 35.4. The summed E-state index contributed by atoms with van der Waals surface area (Å²) in [6.07, 6.45) is 9.46. The maximum atomic E-state index is 14.3. The Bertz CT molecular complexity index is 1880. The summed E-state index contributed by atoms with van der Waals surface area (Å²) in [5.74, 6) is -1.75. The first-order valence-electron chi connectivity index (χ1n) is 18.7. The summed E-state index contributed by atoms with van der Waals surface area (Å²) < 4.78 is 25.3. The Labute approximate surface area is 309 Å². The molecule has 0 aromatic heterocycles. The number of aliphatic hydroxyl groups is 1. The molecule has 2 amide bonds. The molecule has 2 saturated heterocycles. The second kappa shape index (κ2) is 15.0. The van der Waals surface area contributed by atoms with E-state index in [4.69, 9.17) is 18.9 Å². The molecule has 53 heavy (non-hydrogen) atoms. The van der Waals surface area contributed by atoms with Crippen LogP contribution < -0.4 is 5.32 Å². The number of hydrogen-bond acceptors (Lipinski definition) is 8. The number of epoxide rings is 1. The Kier molecular flexibility index (Phi) is 10.0. The van der Waals surface area contributed by atoms with Gasteiger partial charge in [0.25, 0.3) is 0 Å². The zero-order valence-electron chi connectivity index (χ0n) is 29.9. The lowest BCUT2D eigenvalue weighted by Gasteiger charge is -2.33. The first-order valence-corrected chi connectivity index (χ1v) is 18.7. The molecular weight excluding hydrogens is 672 g/mol. The second-order valence-corrected chi connectivity index (χ2v) is 14.9. The Morgan fingerprint density at radius 2 is 1.75 bits per heavy atom.